The zero-order chi connectivity index (χ0) is 8.27. The Bertz CT molecular complexity index is 231. The molecule has 0 fully saturated rings. The first kappa shape index (κ1) is 11.1. The minimum absolute atomic E-state index is 0. The largest absolute Gasteiger partial charge is 0.496 e. The van der Waals surface area contributed by atoms with Gasteiger partial charge in [0.2, 0.25) is 0 Å². The van der Waals surface area contributed by atoms with E-state index in [1.165, 1.54) is 0 Å². The summed E-state index contributed by atoms with van der Waals surface area (Å²) in [6.07, 6.45) is 0. The second-order valence-electron chi connectivity index (χ2n) is 2.28. The average molecular weight is 189 g/mol. The third-order valence-corrected chi connectivity index (χ3v) is 1.66. The molecule has 0 bridgehead atoms. The third kappa shape index (κ3) is 2.03. The zero-order valence-electron chi connectivity index (χ0n) is 7.13. The van der Waals surface area contributed by atoms with Crippen LogP contribution in [0.5, 0.6) is 5.75 Å². The number of benzene rings is 1. The number of nitrogen functional groups attached to an aromatic ring is 1. The molecule has 68 valence electrons. The lowest BCUT2D eigenvalue weighted by Crippen LogP contribution is -2.08. The van der Waals surface area contributed by atoms with Crippen molar-refractivity contribution in [3.05, 3.63) is 23.8 Å². The standard InChI is InChI=1S/C8H12N2O.ClH/c1-6-7(10-9)4-3-5-8(6)11-2;/h3-5,10H,9H2,1-2H3;1H. The lowest BCUT2D eigenvalue weighted by molar-refractivity contribution is 0.412. The van der Waals surface area contributed by atoms with Gasteiger partial charge in [-0.1, -0.05) is 6.07 Å². The number of rotatable bonds is 2. The summed E-state index contributed by atoms with van der Waals surface area (Å²) in [7, 11) is 1.64. The zero-order valence-corrected chi connectivity index (χ0v) is 7.94. The second kappa shape index (κ2) is 4.85. The molecule has 0 spiro atoms. The molecule has 1 aromatic rings. The second-order valence-corrected chi connectivity index (χ2v) is 2.28. The summed E-state index contributed by atoms with van der Waals surface area (Å²) < 4.78 is 5.09. The maximum absolute atomic E-state index is 5.27. The minimum atomic E-state index is 0. The molecule has 3 nitrogen and oxygen atoms in total. The molecule has 0 aromatic heterocycles. The molecule has 1 rings (SSSR count). The van der Waals surface area contributed by atoms with Gasteiger partial charge < -0.3 is 10.2 Å². The van der Waals surface area contributed by atoms with Crippen LogP contribution < -0.4 is 16.0 Å². The Kier molecular flexibility index (Phi) is 4.47. The number of ether oxygens (including phenoxy) is 1. The van der Waals surface area contributed by atoms with Gasteiger partial charge in [0.25, 0.3) is 0 Å². The molecule has 0 saturated heterocycles. The van der Waals surface area contributed by atoms with Crippen LogP contribution in [0.2, 0.25) is 0 Å². The highest BCUT2D eigenvalue weighted by atomic mass is 35.5. The Hall–Kier alpha value is -0.930. The molecule has 0 aliphatic heterocycles. The van der Waals surface area contributed by atoms with Crippen molar-refractivity contribution in [1.29, 1.82) is 0 Å². The van der Waals surface area contributed by atoms with E-state index in [0.29, 0.717) is 0 Å². The normalized spacial score (nSPS) is 8.58. The van der Waals surface area contributed by atoms with Crippen molar-refractivity contribution >= 4 is 18.1 Å². The van der Waals surface area contributed by atoms with Crippen LogP contribution in [0.25, 0.3) is 0 Å². The summed E-state index contributed by atoms with van der Waals surface area (Å²) in [5.74, 6) is 6.12. The molecule has 0 amide bonds. The van der Waals surface area contributed by atoms with Gasteiger partial charge in [-0.3, -0.25) is 5.84 Å². The van der Waals surface area contributed by atoms with Crippen LogP contribution in [0, 0.1) is 6.92 Å². The van der Waals surface area contributed by atoms with Crippen molar-refractivity contribution in [3.8, 4) is 5.75 Å². The first-order chi connectivity index (χ1) is 5.29. The summed E-state index contributed by atoms with van der Waals surface area (Å²) in [6.45, 7) is 1.95. The molecule has 0 saturated carbocycles. The van der Waals surface area contributed by atoms with Crippen molar-refractivity contribution in [2.24, 2.45) is 5.84 Å². The van der Waals surface area contributed by atoms with E-state index in [1.807, 2.05) is 25.1 Å². The van der Waals surface area contributed by atoms with Gasteiger partial charge in [0.05, 0.1) is 12.8 Å². The van der Waals surface area contributed by atoms with Gasteiger partial charge in [0, 0.05) is 5.56 Å². The van der Waals surface area contributed by atoms with E-state index in [2.05, 4.69) is 5.43 Å². The van der Waals surface area contributed by atoms with E-state index in [-0.39, 0.29) is 12.4 Å². The molecule has 0 aliphatic carbocycles. The van der Waals surface area contributed by atoms with Crippen LogP contribution in [0.15, 0.2) is 18.2 Å². The summed E-state index contributed by atoms with van der Waals surface area (Å²) in [6, 6.07) is 5.69. The van der Waals surface area contributed by atoms with Crippen molar-refractivity contribution < 1.29 is 4.74 Å². The molecule has 0 heterocycles. The highest BCUT2D eigenvalue weighted by molar-refractivity contribution is 5.85. The number of methoxy groups -OCH3 is 1. The number of nitrogens with two attached hydrogens (primary N) is 1. The van der Waals surface area contributed by atoms with Crippen LogP contribution in [0.3, 0.4) is 0 Å². The van der Waals surface area contributed by atoms with Crippen LogP contribution in [0.4, 0.5) is 5.69 Å². The monoisotopic (exact) mass is 188 g/mol. The average Bonchev–Trinajstić information content (AvgIpc) is 2.05. The predicted molar refractivity (Wildman–Crippen MR) is 52.8 cm³/mol. The van der Waals surface area contributed by atoms with E-state index in [0.717, 1.165) is 17.0 Å². The molecule has 0 atom stereocenters. The number of hydrazine groups is 1. The van der Waals surface area contributed by atoms with Crippen molar-refractivity contribution in [2.75, 3.05) is 12.5 Å². The first-order valence-corrected chi connectivity index (χ1v) is 3.40. The Morgan fingerprint density at radius 1 is 1.42 bits per heavy atom. The van der Waals surface area contributed by atoms with Crippen LogP contribution >= 0.6 is 12.4 Å². The predicted octanol–water partition coefficient (Wildman–Crippen LogP) is 1.71. The number of hydrogen-bond donors (Lipinski definition) is 2. The van der Waals surface area contributed by atoms with E-state index >= 15 is 0 Å². The summed E-state index contributed by atoms with van der Waals surface area (Å²) >= 11 is 0. The summed E-state index contributed by atoms with van der Waals surface area (Å²) in [4.78, 5) is 0. The van der Waals surface area contributed by atoms with E-state index in [1.54, 1.807) is 7.11 Å². The molecule has 0 radical (unpaired) electrons. The first-order valence-electron chi connectivity index (χ1n) is 3.40. The molecule has 12 heavy (non-hydrogen) atoms. The molecule has 1 aromatic carbocycles. The Labute approximate surface area is 78.3 Å². The van der Waals surface area contributed by atoms with Gasteiger partial charge in [-0.15, -0.1) is 12.4 Å². The van der Waals surface area contributed by atoms with Crippen molar-refractivity contribution in [3.63, 3.8) is 0 Å². The fourth-order valence-corrected chi connectivity index (χ4v) is 0.992. The highest BCUT2D eigenvalue weighted by Gasteiger charge is 2.00. The van der Waals surface area contributed by atoms with E-state index in [4.69, 9.17) is 10.6 Å². The topological polar surface area (TPSA) is 47.3 Å². The fraction of sp³-hybridized carbons (Fsp3) is 0.250. The fourth-order valence-electron chi connectivity index (χ4n) is 0.992. The third-order valence-electron chi connectivity index (χ3n) is 1.66. The maximum Gasteiger partial charge on any atom is 0.123 e. The van der Waals surface area contributed by atoms with Gasteiger partial charge in [-0.25, -0.2) is 0 Å². The number of anilines is 1. The Morgan fingerprint density at radius 3 is 2.58 bits per heavy atom. The smallest absolute Gasteiger partial charge is 0.123 e. The molecule has 4 heteroatoms. The lowest BCUT2D eigenvalue weighted by atomic mass is 10.2. The molecule has 3 N–H and O–H groups in total. The molecule has 0 unspecified atom stereocenters. The van der Waals surface area contributed by atoms with Gasteiger partial charge >= 0.3 is 0 Å². The number of nitrogens with one attached hydrogen (secondary N) is 1. The number of halogens is 1. The highest BCUT2D eigenvalue weighted by Crippen LogP contribution is 2.23. The molecular weight excluding hydrogens is 176 g/mol. The minimum Gasteiger partial charge on any atom is -0.496 e. The molecular formula is C8H13ClN2O. The van der Waals surface area contributed by atoms with Crippen molar-refractivity contribution in [1.82, 2.24) is 0 Å². The lowest BCUT2D eigenvalue weighted by Gasteiger charge is -2.08. The van der Waals surface area contributed by atoms with E-state index in [9.17, 15) is 0 Å². The summed E-state index contributed by atoms with van der Waals surface area (Å²) in [5.41, 5.74) is 4.51. The van der Waals surface area contributed by atoms with Crippen molar-refractivity contribution in [2.45, 2.75) is 6.92 Å². The van der Waals surface area contributed by atoms with Gasteiger partial charge in [0.15, 0.2) is 0 Å². The van der Waals surface area contributed by atoms with E-state index < -0.39 is 0 Å². The van der Waals surface area contributed by atoms with Gasteiger partial charge in [-0.05, 0) is 19.1 Å². The SMILES string of the molecule is COc1cccc(NN)c1C.Cl. The van der Waals surface area contributed by atoms with Crippen LogP contribution in [0.1, 0.15) is 5.56 Å². The Morgan fingerprint density at radius 2 is 2.08 bits per heavy atom. The maximum atomic E-state index is 5.27. The Balaban J connectivity index is 0.00000121. The molecule has 0 aliphatic rings. The van der Waals surface area contributed by atoms with Crippen LogP contribution in [-0.4, -0.2) is 7.11 Å². The quantitative estimate of drug-likeness (QED) is 0.549. The van der Waals surface area contributed by atoms with Gasteiger partial charge in [-0.2, -0.15) is 0 Å². The van der Waals surface area contributed by atoms with Crippen LogP contribution in [-0.2, 0) is 0 Å². The summed E-state index contributed by atoms with van der Waals surface area (Å²) in [5, 5.41) is 0. The number of hydrogen-bond acceptors (Lipinski definition) is 3. The van der Waals surface area contributed by atoms with Gasteiger partial charge in [0.1, 0.15) is 5.75 Å².